The molecule has 0 aliphatic rings. The Bertz CT molecular complexity index is 297. The van der Waals surface area contributed by atoms with Crippen molar-refractivity contribution < 1.29 is 13.2 Å². The second kappa shape index (κ2) is 5.24. The van der Waals surface area contributed by atoms with E-state index in [1.54, 1.807) is 0 Å². The van der Waals surface area contributed by atoms with Gasteiger partial charge in [0, 0.05) is 5.69 Å². The van der Waals surface area contributed by atoms with Gasteiger partial charge in [0.05, 0.1) is 10.0 Å². The molecule has 0 bridgehead atoms. The summed E-state index contributed by atoms with van der Waals surface area (Å²) >= 11 is 2.77. The van der Waals surface area contributed by atoms with Crippen molar-refractivity contribution in [1.29, 1.82) is 0 Å². The van der Waals surface area contributed by atoms with Crippen molar-refractivity contribution in [2.45, 2.75) is 20.0 Å². The molecule has 0 spiro atoms. The molecule has 5 heteroatoms. The summed E-state index contributed by atoms with van der Waals surface area (Å²) in [6.07, 6.45) is -4.35. The summed E-state index contributed by atoms with van der Waals surface area (Å²) in [5, 5.41) is 0. The topological polar surface area (TPSA) is 26.0 Å². The van der Waals surface area contributed by atoms with E-state index in [1.165, 1.54) is 12.1 Å². The van der Waals surface area contributed by atoms with Crippen molar-refractivity contribution in [3.8, 4) is 0 Å². The zero-order valence-corrected chi connectivity index (χ0v) is 9.41. The molecule has 80 valence electrons. The summed E-state index contributed by atoms with van der Waals surface area (Å²) < 4.78 is 36.3. The Kier molecular flexibility index (Phi) is 4.97. The highest BCUT2D eigenvalue weighted by molar-refractivity contribution is 9.10. The molecule has 14 heavy (non-hydrogen) atoms. The minimum absolute atomic E-state index is 0.0878. The standard InChI is InChI=1S/C7H5BrF3N.C2H6/c8-6-4(7(9,10)11)2-1-3-5(6)12;1-2/h1-3H,12H2;1-2H3. The zero-order chi connectivity index (χ0) is 11.4. The van der Waals surface area contributed by atoms with Crippen LogP contribution in [0.1, 0.15) is 19.4 Å². The molecule has 1 aromatic carbocycles. The van der Waals surface area contributed by atoms with Crippen LogP contribution in [0.25, 0.3) is 0 Å². The summed E-state index contributed by atoms with van der Waals surface area (Å²) in [5.74, 6) is 0. The van der Waals surface area contributed by atoms with E-state index in [-0.39, 0.29) is 10.2 Å². The molecule has 0 heterocycles. The quantitative estimate of drug-likeness (QED) is 0.706. The van der Waals surface area contributed by atoms with Crippen molar-refractivity contribution in [1.82, 2.24) is 0 Å². The Labute approximate surface area is 89.2 Å². The first-order chi connectivity index (χ1) is 6.43. The maximum Gasteiger partial charge on any atom is 0.417 e. The minimum Gasteiger partial charge on any atom is -0.398 e. The number of hydrogen-bond donors (Lipinski definition) is 1. The first-order valence-corrected chi connectivity index (χ1v) is 4.83. The number of alkyl halides is 3. The van der Waals surface area contributed by atoms with E-state index in [9.17, 15) is 13.2 Å². The van der Waals surface area contributed by atoms with Crippen LogP contribution in [-0.2, 0) is 6.18 Å². The van der Waals surface area contributed by atoms with E-state index in [2.05, 4.69) is 15.9 Å². The van der Waals surface area contributed by atoms with Crippen LogP contribution in [-0.4, -0.2) is 0 Å². The molecule has 0 saturated carbocycles. The third kappa shape index (κ3) is 3.21. The summed E-state index contributed by atoms with van der Waals surface area (Å²) in [4.78, 5) is 0. The lowest BCUT2D eigenvalue weighted by molar-refractivity contribution is -0.138. The van der Waals surface area contributed by atoms with Gasteiger partial charge in [0.2, 0.25) is 0 Å². The van der Waals surface area contributed by atoms with Crippen molar-refractivity contribution in [3.63, 3.8) is 0 Å². The van der Waals surface area contributed by atoms with Crippen molar-refractivity contribution in [3.05, 3.63) is 28.2 Å². The van der Waals surface area contributed by atoms with Gasteiger partial charge in [0.1, 0.15) is 0 Å². The fourth-order valence-electron chi connectivity index (χ4n) is 0.769. The summed E-state index contributed by atoms with van der Waals surface area (Å²) in [6, 6.07) is 3.64. The van der Waals surface area contributed by atoms with Gasteiger partial charge in [-0.15, -0.1) is 0 Å². The number of halogens is 4. The number of anilines is 1. The molecule has 0 aliphatic heterocycles. The fourth-order valence-corrected chi connectivity index (χ4v) is 1.26. The Morgan fingerprint density at radius 2 is 1.71 bits per heavy atom. The van der Waals surface area contributed by atoms with Crippen molar-refractivity contribution in [2.24, 2.45) is 0 Å². The Morgan fingerprint density at radius 3 is 2.07 bits per heavy atom. The highest BCUT2D eigenvalue weighted by Gasteiger charge is 2.33. The van der Waals surface area contributed by atoms with Crippen LogP contribution in [0.4, 0.5) is 18.9 Å². The van der Waals surface area contributed by atoms with Crippen LogP contribution in [0.2, 0.25) is 0 Å². The molecule has 0 atom stereocenters. The molecule has 0 aromatic heterocycles. The van der Waals surface area contributed by atoms with Gasteiger partial charge in [-0.25, -0.2) is 0 Å². The van der Waals surface area contributed by atoms with Crippen LogP contribution in [0.15, 0.2) is 22.7 Å². The van der Waals surface area contributed by atoms with Crippen LogP contribution in [0.3, 0.4) is 0 Å². The third-order valence-electron chi connectivity index (χ3n) is 1.33. The molecule has 0 aliphatic carbocycles. The van der Waals surface area contributed by atoms with Gasteiger partial charge < -0.3 is 5.73 Å². The molecule has 2 N–H and O–H groups in total. The maximum absolute atomic E-state index is 12.1. The number of rotatable bonds is 0. The summed E-state index contributed by atoms with van der Waals surface area (Å²) in [5.41, 5.74) is 4.61. The average molecular weight is 270 g/mol. The van der Waals surface area contributed by atoms with Gasteiger partial charge in [-0.05, 0) is 28.1 Å². The normalized spacial score (nSPS) is 10.4. The SMILES string of the molecule is CC.Nc1cccc(C(F)(F)F)c1Br. The molecule has 0 fully saturated rings. The lowest BCUT2D eigenvalue weighted by atomic mass is 10.2. The first-order valence-electron chi connectivity index (χ1n) is 4.04. The Hall–Kier alpha value is -0.710. The number of hydrogen-bond acceptors (Lipinski definition) is 1. The first kappa shape index (κ1) is 13.3. The number of benzene rings is 1. The zero-order valence-electron chi connectivity index (χ0n) is 7.82. The molecular formula is C9H11BrF3N. The Balaban J connectivity index is 0.000000791. The largest absolute Gasteiger partial charge is 0.417 e. The van der Waals surface area contributed by atoms with Crippen LogP contribution in [0.5, 0.6) is 0 Å². The third-order valence-corrected chi connectivity index (χ3v) is 2.22. The van der Waals surface area contributed by atoms with E-state index in [0.717, 1.165) is 6.07 Å². The van der Waals surface area contributed by atoms with E-state index in [1.807, 2.05) is 13.8 Å². The van der Waals surface area contributed by atoms with Gasteiger partial charge >= 0.3 is 6.18 Å². The van der Waals surface area contributed by atoms with E-state index >= 15 is 0 Å². The van der Waals surface area contributed by atoms with E-state index < -0.39 is 11.7 Å². The molecule has 0 amide bonds. The summed E-state index contributed by atoms with van der Waals surface area (Å²) in [7, 11) is 0. The van der Waals surface area contributed by atoms with Crippen molar-refractivity contribution in [2.75, 3.05) is 5.73 Å². The van der Waals surface area contributed by atoms with Crippen LogP contribution < -0.4 is 5.73 Å². The monoisotopic (exact) mass is 269 g/mol. The van der Waals surface area contributed by atoms with Crippen molar-refractivity contribution >= 4 is 21.6 Å². The second-order valence-electron chi connectivity index (χ2n) is 2.21. The Morgan fingerprint density at radius 1 is 1.21 bits per heavy atom. The van der Waals surface area contributed by atoms with Gasteiger partial charge in [-0.2, -0.15) is 13.2 Å². The minimum atomic E-state index is -4.35. The van der Waals surface area contributed by atoms with Crippen LogP contribution >= 0.6 is 15.9 Å². The average Bonchev–Trinajstić information content (AvgIpc) is 2.11. The molecule has 0 unspecified atom stereocenters. The van der Waals surface area contributed by atoms with Gasteiger partial charge in [-0.1, -0.05) is 19.9 Å². The lowest BCUT2D eigenvalue weighted by Gasteiger charge is -2.09. The molecule has 1 aromatic rings. The van der Waals surface area contributed by atoms with Gasteiger partial charge in [0.25, 0.3) is 0 Å². The van der Waals surface area contributed by atoms with Gasteiger partial charge in [-0.3, -0.25) is 0 Å². The van der Waals surface area contributed by atoms with Gasteiger partial charge in [0.15, 0.2) is 0 Å². The summed E-state index contributed by atoms with van der Waals surface area (Å²) in [6.45, 7) is 4.00. The molecule has 0 radical (unpaired) electrons. The maximum atomic E-state index is 12.1. The highest BCUT2D eigenvalue weighted by Crippen LogP contribution is 2.37. The number of nitrogen functional groups attached to an aromatic ring is 1. The molecule has 1 nitrogen and oxygen atoms in total. The molecular weight excluding hydrogens is 259 g/mol. The second-order valence-corrected chi connectivity index (χ2v) is 3.00. The molecule has 1 rings (SSSR count). The van der Waals surface area contributed by atoms with E-state index in [4.69, 9.17) is 5.73 Å². The predicted molar refractivity (Wildman–Crippen MR) is 54.9 cm³/mol. The number of nitrogens with two attached hydrogens (primary N) is 1. The predicted octanol–water partition coefficient (Wildman–Crippen LogP) is 4.08. The smallest absolute Gasteiger partial charge is 0.398 e. The fraction of sp³-hybridized carbons (Fsp3) is 0.333. The lowest BCUT2D eigenvalue weighted by Crippen LogP contribution is -2.06. The molecule has 0 saturated heterocycles. The van der Waals surface area contributed by atoms with Crippen LogP contribution in [0, 0.1) is 0 Å². The van der Waals surface area contributed by atoms with E-state index in [0.29, 0.717) is 0 Å². The highest BCUT2D eigenvalue weighted by atomic mass is 79.9.